The minimum absolute atomic E-state index is 0.690. The van der Waals surface area contributed by atoms with Gasteiger partial charge in [-0.15, -0.1) is 0 Å². The monoisotopic (exact) mass is 343 g/mol. The Balaban J connectivity index is 1.60. The molecule has 4 heteroatoms. The van der Waals surface area contributed by atoms with Crippen molar-refractivity contribution in [2.24, 2.45) is 4.99 Å². The summed E-state index contributed by atoms with van der Waals surface area (Å²) in [6.07, 6.45) is 3.53. The zero-order valence-corrected chi connectivity index (χ0v) is 14.1. The number of halogens is 1. The van der Waals surface area contributed by atoms with Crippen LogP contribution in [-0.4, -0.2) is 16.2 Å². The van der Waals surface area contributed by atoms with Gasteiger partial charge in [0.25, 0.3) is 0 Å². The molecule has 2 aromatic heterocycles. The fraction of sp³-hybridized carbons (Fsp3) is 0. The van der Waals surface area contributed by atoms with Crippen LogP contribution in [0.25, 0.3) is 22.3 Å². The molecule has 25 heavy (non-hydrogen) atoms. The van der Waals surface area contributed by atoms with E-state index in [1.807, 2.05) is 72.8 Å². The van der Waals surface area contributed by atoms with Crippen molar-refractivity contribution in [2.75, 3.05) is 0 Å². The molecule has 2 aromatic carbocycles. The number of aromatic nitrogens is 2. The maximum absolute atomic E-state index is 6.14. The Hall–Kier alpha value is -3.04. The van der Waals surface area contributed by atoms with E-state index in [9.17, 15) is 0 Å². The van der Waals surface area contributed by atoms with E-state index in [1.165, 1.54) is 0 Å². The van der Waals surface area contributed by atoms with E-state index in [4.69, 9.17) is 11.6 Å². The third-order valence-corrected chi connectivity index (χ3v) is 4.23. The van der Waals surface area contributed by atoms with Crippen molar-refractivity contribution in [3.8, 4) is 11.3 Å². The summed E-state index contributed by atoms with van der Waals surface area (Å²) >= 11 is 6.14. The summed E-state index contributed by atoms with van der Waals surface area (Å²) in [5, 5.41) is 1.72. The van der Waals surface area contributed by atoms with Gasteiger partial charge >= 0.3 is 0 Å². The molecule has 0 N–H and O–H groups in total. The van der Waals surface area contributed by atoms with Gasteiger partial charge < -0.3 is 0 Å². The first-order chi connectivity index (χ1) is 12.3. The molecule has 4 rings (SSSR count). The van der Waals surface area contributed by atoms with Gasteiger partial charge in [-0.3, -0.25) is 4.99 Å². The van der Waals surface area contributed by atoms with Crippen molar-refractivity contribution in [3.05, 3.63) is 89.6 Å². The molecule has 4 aromatic rings. The van der Waals surface area contributed by atoms with Gasteiger partial charge in [-0.25, -0.2) is 9.97 Å². The quantitative estimate of drug-likeness (QED) is 0.447. The molecule has 0 radical (unpaired) electrons. The highest BCUT2D eigenvalue weighted by atomic mass is 35.5. The number of rotatable bonds is 3. The molecule has 0 fully saturated rings. The molecule has 0 amide bonds. The molecular formula is C21H14ClN3. The van der Waals surface area contributed by atoms with Crippen molar-refractivity contribution in [3.63, 3.8) is 0 Å². The number of aliphatic imine (C=N–C) groups is 1. The minimum atomic E-state index is 0.690. The van der Waals surface area contributed by atoms with Gasteiger partial charge in [0.2, 0.25) is 0 Å². The highest BCUT2D eigenvalue weighted by molar-refractivity contribution is 6.33. The molecule has 0 unspecified atom stereocenters. The average molecular weight is 344 g/mol. The van der Waals surface area contributed by atoms with Gasteiger partial charge in [-0.2, -0.15) is 0 Å². The van der Waals surface area contributed by atoms with Crippen LogP contribution >= 0.6 is 11.6 Å². The molecule has 0 saturated carbocycles. The number of fused-ring (bicyclic) bond motifs is 1. The van der Waals surface area contributed by atoms with Crippen molar-refractivity contribution >= 4 is 34.5 Å². The average Bonchev–Trinajstić information content (AvgIpc) is 2.67. The van der Waals surface area contributed by atoms with Gasteiger partial charge in [0.1, 0.15) is 0 Å². The first kappa shape index (κ1) is 15.5. The summed E-state index contributed by atoms with van der Waals surface area (Å²) < 4.78 is 0. The summed E-state index contributed by atoms with van der Waals surface area (Å²) in [4.78, 5) is 13.4. The van der Waals surface area contributed by atoms with E-state index in [0.29, 0.717) is 5.02 Å². The highest BCUT2D eigenvalue weighted by Gasteiger charge is 2.02. The molecular weight excluding hydrogens is 330 g/mol. The molecule has 0 aliphatic carbocycles. The van der Waals surface area contributed by atoms with Crippen LogP contribution < -0.4 is 0 Å². The maximum Gasteiger partial charge on any atom is 0.159 e. The summed E-state index contributed by atoms with van der Waals surface area (Å²) in [5.74, 6) is 0. The summed E-state index contributed by atoms with van der Waals surface area (Å²) in [6.45, 7) is 0. The fourth-order valence-corrected chi connectivity index (χ4v) is 2.74. The summed E-state index contributed by atoms with van der Waals surface area (Å²) in [7, 11) is 0. The van der Waals surface area contributed by atoms with E-state index < -0.39 is 0 Å². The second-order valence-corrected chi connectivity index (χ2v) is 5.98. The molecule has 0 atom stereocenters. The second-order valence-electron chi connectivity index (χ2n) is 5.57. The van der Waals surface area contributed by atoms with E-state index >= 15 is 0 Å². The Labute approximate surface area is 150 Å². The number of nitrogens with zero attached hydrogens (tertiary/aromatic N) is 3. The first-order valence-electron chi connectivity index (χ1n) is 7.90. The number of hydrogen-bond donors (Lipinski definition) is 0. The predicted molar refractivity (Wildman–Crippen MR) is 104 cm³/mol. The topological polar surface area (TPSA) is 38.1 Å². The lowest BCUT2D eigenvalue weighted by Gasteiger charge is -2.03. The Morgan fingerprint density at radius 2 is 1.68 bits per heavy atom. The van der Waals surface area contributed by atoms with Crippen LogP contribution in [-0.2, 0) is 0 Å². The van der Waals surface area contributed by atoms with Gasteiger partial charge in [0.15, 0.2) is 5.65 Å². The predicted octanol–water partition coefficient (Wildman–Crippen LogP) is 5.70. The summed E-state index contributed by atoms with van der Waals surface area (Å²) in [5.41, 5.74) is 4.44. The van der Waals surface area contributed by atoms with E-state index in [-0.39, 0.29) is 0 Å². The molecule has 0 saturated heterocycles. The normalized spacial score (nSPS) is 11.2. The maximum atomic E-state index is 6.14. The van der Waals surface area contributed by atoms with Gasteiger partial charge in [-0.05, 0) is 42.5 Å². The zero-order chi connectivity index (χ0) is 17.1. The third-order valence-electron chi connectivity index (χ3n) is 3.88. The van der Waals surface area contributed by atoms with Crippen LogP contribution in [0.2, 0.25) is 5.02 Å². The van der Waals surface area contributed by atoms with Crippen molar-refractivity contribution in [2.45, 2.75) is 0 Å². The molecule has 0 aliphatic heterocycles. The first-order valence-corrected chi connectivity index (χ1v) is 8.28. The fourth-order valence-electron chi connectivity index (χ4n) is 2.56. The molecule has 3 nitrogen and oxygen atoms in total. The van der Waals surface area contributed by atoms with Crippen LogP contribution in [0, 0.1) is 0 Å². The Morgan fingerprint density at radius 1 is 0.840 bits per heavy atom. The van der Waals surface area contributed by atoms with E-state index in [1.54, 1.807) is 12.4 Å². The van der Waals surface area contributed by atoms with Crippen LogP contribution in [0.3, 0.4) is 0 Å². The molecule has 120 valence electrons. The standard InChI is InChI=1S/C21H14ClN3/c22-19-6-2-1-4-17(19)14-24-18-10-7-15(8-11-18)20-12-9-16-5-3-13-23-21(16)25-20/h1-14H. The van der Waals surface area contributed by atoms with Crippen LogP contribution in [0.4, 0.5) is 5.69 Å². The molecule has 0 aliphatic rings. The molecule has 2 heterocycles. The van der Waals surface area contributed by atoms with Crippen LogP contribution in [0.5, 0.6) is 0 Å². The second kappa shape index (κ2) is 6.83. The van der Waals surface area contributed by atoms with Crippen LogP contribution in [0.15, 0.2) is 84.0 Å². The zero-order valence-electron chi connectivity index (χ0n) is 13.3. The van der Waals surface area contributed by atoms with Crippen molar-refractivity contribution < 1.29 is 0 Å². The van der Waals surface area contributed by atoms with E-state index in [2.05, 4.69) is 15.0 Å². The molecule has 0 spiro atoms. The van der Waals surface area contributed by atoms with Gasteiger partial charge in [-0.1, -0.05) is 41.9 Å². The van der Waals surface area contributed by atoms with Crippen molar-refractivity contribution in [1.82, 2.24) is 9.97 Å². The number of benzene rings is 2. The van der Waals surface area contributed by atoms with Gasteiger partial charge in [0.05, 0.1) is 11.4 Å². The minimum Gasteiger partial charge on any atom is -0.256 e. The lowest BCUT2D eigenvalue weighted by Crippen LogP contribution is -1.87. The lowest BCUT2D eigenvalue weighted by molar-refractivity contribution is 1.29. The Morgan fingerprint density at radius 3 is 2.52 bits per heavy atom. The van der Waals surface area contributed by atoms with Crippen molar-refractivity contribution in [1.29, 1.82) is 0 Å². The third kappa shape index (κ3) is 3.42. The number of pyridine rings is 2. The highest BCUT2D eigenvalue weighted by Crippen LogP contribution is 2.23. The SMILES string of the molecule is Clc1ccccc1C=Nc1ccc(-c2ccc3cccnc3n2)cc1. The number of hydrogen-bond acceptors (Lipinski definition) is 3. The Bertz CT molecular complexity index is 1060. The van der Waals surface area contributed by atoms with E-state index in [0.717, 1.165) is 33.5 Å². The van der Waals surface area contributed by atoms with Gasteiger partial charge in [0, 0.05) is 33.9 Å². The van der Waals surface area contributed by atoms with Crippen LogP contribution in [0.1, 0.15) is 5.56 Å². The Kier molecular flexibility index (Phi) is 4.23. The lowest BCUT2D eigenvalue weighted by atomic mass is 10.1. The summed E-state index contributed by atoms with van der Waals surface area (Å²) in [6, 6.07) is 23.5. The molecule has 0 bridgehead atoms. The smallest absolute Gasteiger partial charge is 0.159 e. The largest absolute Gasteiger partial charge is 0.256 e.